The van der Waals surface area contributed by atoms with E-state index in [2.05, 4.69) is 4.98 Å². The first-order valence-electron chi connectivity index (χ1n) is 7.45. The number of hydrogen-bond donors (Lipinski definition) is 0. The Morgan fingerprint density at radius 2 is 2.04 bits per heavy atom. The van der Waals surface area contributed by atoms with Gasteiger partial charge in [-0.2, -0.15) is 0 Å². The molecule has 8 heteroatoms. The molecule has 128 valence electrons. The first-order chi connectivity index (χ1) is 11.9. The van der Waals surface area contributed by atoms with E-state index in [1.165, 1.54) is 34.4 Å². The lowest BCUT2D eigenvalue weighted by molar-refractivity contribution is -0.384. The van der Waals surface area contributed by atoms with Crippen LogP contribution in [-0.2, 0) is 0 Å². The molecule has 6 nitrogen and oxygen atoms in total. The molecule has 1 heterocycles. The van der Waals surface area contributed by atoms with Gasteiger partial charge in [0.05, 0.1) is 31.8 Å². The number of carbonyl (C=O) groups excluding carboxylic acids is 1. The number of aromatic nitrogens is 1. The summed E-state index contributed by atoms with van der Waals surface area (Å²) in [7, 11) is 1.63. The molecule has 0 saturated carbocycles. The highest BCUT2D eigenvalue weighted by Crippen LogP contribution is 2.31. The van der Waals surface area contributed by atoms with Gasteiger partial charge in [0, 0.05) is 19.2 Å². The van der Waals surface area contributed by atoms with Gasteiger partial charge in [0.25, 0.3) is 11.6 Å². The van der Waals surface area contributed by atoms with Crippen LogP contribution in [0.4, 0.5) is 5.69 Å². The van der Waals surface area contributed by atoms with Gasteiger partial charge >= 0.3 is 0 Å². The lowest BCUT2D eigenvalue weighted by atomic mass is 10.1. The van der Waals surface area contributed by atoms with Gasteiger partial charge in [-0.1, -0.05) is 23.7 Å². The summed E-state index contributed by atoms with van der Waals surface area (Å²) in [6.07, 6.45) is 0. The smallest absolute Gasteiger partial charge is 0.270 e. The number of hydrogen-bond acceptors (Lipinski definition) is 5. The molecule has 0 bridgehead atoms. The molecule has 0 N–H and O–H groups in total. The largest absolute Gasteiger partial charge is 0.332 e. The molecular formula is C17H14ClN3O3S. The van der Waals surface area contributed by atoms with Crippen molar-refractivity contribution in [1.82, 2.24) is 9.88 Å². The van der Waals surface area contributed by atoms with Gasteiger partial charge in [0.1, 0.15) is 5.01 Å². The third kappa shape index (κ3) is 3.33. The van der Waals surface area contributed by atoms with Gasteiger partial charge in [-0.3, -0.25) is 14.9 Å². The molecule has 3 rings (SSSR count). The van der Waals surface area contributed by atoms with Crippen LogP contribution in [0.5, 0.6) is 0 Å². The third-order valence-corrected chi connectivity index (χ3v) is 5.50. The van der Waals surface area contributed by atoms with Crippen molar-refractivity contribution in [2.45, 2.75) is 13.0 Å². The van der Waals surface area contributed by atoms with Crippen molar-refractivity contribution < 1.29 is 9.72 Å². The van der Waals surface area contributed by atoms with Crippen LogP contribution in [0.2, 0.25) is 5.02 Å². The lowest BCUT2D eigenvalue weighted by Gasteiger charge is -2.23. The fourth-order valence-electron chi connectivity index (χ4n) is 2.39. The molecule has 25 heavy (non-hydrogen) atoms. The highest BCUT2D eigenvalue weighted by Gasteiger charge is 2.25. The SMILES string of the molecule is C[C@@H](c1nc2ccccc2s1)N(C)C(=O)c1cc([N+](=O)[O-])ccc1Cl. The Bertz CT molecular complexity index is 940. The van der Waals surface area contributed by atoms with Gasteiger partial charge in [0.15, 0.2) is 0 Å². The van der Waals surface area contributed by atoms with Gasteiger partial charge in [-0.15, -0.1) is 11.3 Å². The summed E-state index contributed by atoms with van der Waals surface area (Å²) in [5.41, 5.74) is 0.809. The van der Waals surface area contributed by atoms with E-state index in [0.717, 1.165) is 15.2 Å². The summed E-state index contributed by atoms with van der Waals surface area (Å²) in [6, 6.07) is 11.3. The number of non-ortho nitro benzene ring substituents is 1. The van der Waals surface area contributed by atoms with Crippen LogP contribution in [0, 0.1) is 10.1 Å². The van der Waals surface area contributed by atoms with Gasteiger partial charge < -0.3 is 4.90 Å². The van der Waals surface area contributed by atoms with Gasteiger partial charge in [-0.05, 0) is 25.1 Å². The Hall–Kier alpha value is -2.51. The zero-order valence-electron chi connectivity index (χ0n) is 13.5. The molecule has 0 aliphatic carbocycles. The Balaban J connectivity index is 1.91. The standard InChI is InChI=1S/C17H14ClN3O3S/c1-10(16-19-14-5-3-4-6-15(14)25-16)20(2)17(22)12-9-11(21(23)24)7-8-13(12)18/h3-10H,1-2H3/t10-/m0/s1. The second-order valence-corrected chi connectivity index (χ2v) is 7.00. The topological polar surface area (TPSA) is 76.3 Å². The number of amides is 1. The number of rotatable bonds is 4. The number of para-hydroxylation sites is 1. The summed E-state index contributed by atoms with van der Waals surface area (Å²) < 4.78 is 1.04. The van der Waals surface area contributed by atoms with Crippen molar-refractivity contribution in [2.24, 2.45) is 0 Å². The summed E-state index contributed by atoms with van der Waals surface area (Å²) in [5, 5.41) is 11.9. The van der Waals surface area contributed by atoms with Gasteiger partial charge in [0.2, 0.25) is 0 Å². The predicted octanol–water partition coefficient (Wildman–Crippen LogP) is 4.69. The first-order valence-corrected chi connectivity index (χ1v) is 8.64. The molecule has 1 aromatic heterocycles. The molecule has 0 spiro atoms. The van der Waals surface area contributed by atoms with E-state index in [4.69, 9.17) is 11.6 Å². The minimum atomic E-state index is -0.552. The van der Waals surface area contributed by atoms with E-state index in [-0.39, 0.29) is 28.2 Å². The molecule has 0 aliphatic rings. The maximum Gasteiger partial charge on any atom is 0.270 e. The number of nitro groups is 1. The van der Waals surface area contributed by atoms with Crippen LogP contribution < -0.4 is 0 Å². The fourth-order valence-corrected chi connectivity index (χ4v) is 3.65. The lowest BCUT2D eigenvalue weighted by Crippen LogP contribution is -2.29. The zero-order chi connectivity index (χ0) is 18.1. The van der Waals surface area contributed by atoms with E-state index in [1.54, 1.807) is 7.05 Å². The summed E-state index contributed by atoms with van der Waals surface area (Å²) in [6.45, 7) is 1.86. The van der Waals surface area contributed by atoms with Crippen molar-refractivity contribution >= 4 is 44.7 Å². The number of carbonyl (C=O) groups is 1. The van der Waals surface area contributed by atoms with E-state index in [0.29, 0.717) is 0 Å². The summed E-state index contributed by atoms with van der Waals surface area (Å²) >= 11 is 7.58. The van der Waals surface area contributed by atoms with Crippen molar-refractivity contribution in [3.63, 3.8) is 0 Å². The van der Waals surface area contributed by atoms with Crippen LogP contribution in [0.3, 0.4) is 0 Å². The van der Waals surface area contributed by atoms with Crippen LogP contribution in [0.1, 0.15) is 28.3 Å². The molecule has 0 aliphatic heterocycles. The second-order valence-electron chi connectivity index (χ2n) is 5.53. The molecule has 0 radical (unpaired) electrons. The molecule has 0 saturated heterocycles. The maximum atomic E-state index is 12.8. The normalized spacial score (nSPS) is 12.1. The number of thiazole rings is 1. The first kappa shape index (κ1) is 17.3. The number of benzene rings is 2. The molecule has 1 atom stereocenters. The van der Waals surface area contributed by atoms with E-state index >= 15 is 0 Å². The van der Waals surface area contributed by atoms with Gasteiger partial charge in [-0.25, -0.2) is 4.98 Å². The minimum Gasteiger partial charge on any atom is -0.332 e. The van der Waals surface area contributed by atoms with Crippen molar-refractivity contribution in [1.29, 1.82) is 0 Å². The van der Waals surface area contributed by atoms with Crippen LogP contribution in [0.15, 0.2) is 42.5 Å². The van der Waals surface area contributed by atoms with Crippen LogP contribution >= 0.6 is 22.9 Å². The summed E-state index contributed by atoms with van der Waals surface area (Å²) in [4.78, 5) is 29.2. The summed E-state index contributed by atoms with van der Waals surface area (Å²) in [5.74, 6) is -0.388. The second kappa shape index (κ2) is 6.78. The highest BCUT2D eigenvalue weighted by molar-refractivity contribution is 7.18. The third-order valence-electron chi connectivity index (χ3n) is 3.96. The predicted molar refractivity (Wildman–Crippen MR) is 98.2 cm³/mol. The molecule has 1 amide bonds. The number of nitro benzene ring substituents is 1. The van der Waals surface area contributed by atoms with Crippen molar-refractivity contribution in [3.05, 3.63) is 68.2 Å². The Labute approximate surface area is 152 Å². The van der Waals surface area contributed by atoms with Crippen LogP contribution in [0.25, 0.3) is 10.2 Å². The molecule has 0 unspecified atom stereocenters. The molecule has 0 fully saturated rings. The number of fused-ring (bicyclic) bond motifs is 1. The molecule has 2 aromatic carbocycles. The van der Waals surface area contributed by atoms with E-state index in [1.807, 2.05) is 31.2 Å². The molecule has 3 aromatic rings. The molecular weight excluding hydrogens is 362 g/mol. The Morgan fingerprint density at radius 3 is 2.72 bits per heavy atom. The monoisotopic (exact) mass is 375 g/mol. The Kier molecular flexibility index (Phi) is 4.69. The minimum absolute atomic E-state index is 0.103. The average molecular weight is 376 g/mol. The highest BCUT2D eigenvalue weighted by atomic mass is 35.5. The van der Waals surface area contributed by atoms with Crippen molar-refractivity contribution in [3.8, 4) is 0 Å². The van der Waals surface area contributed by atoms with Crippen LogP contribution in [-0.4, -0.2) is 27.8 Å². The van der Waals surface area contributed by atoms with Crippen molar-refractivity contribution in [2.75, 3.05) is 7.05 Å². The Morgan fingerprint density at radius 1 is 1.32 bits per heavy atom. The van der Waals surface area contributed by atoms with E-state index < -0.39 is 4.92 Å². The quantitative estimate of drug-likeness (QED) is 0.489. The maximum absolute atomic E-state index is 12.8. The zero-order valence-corrected chi connectivity index (χ0v) is 15.0. The fraction of sp³-hybridized carbons (Fsp3) is 0.176. The number of halogens is 1. The van der Waals surface area contributed by atoms with E-state index in [9.17, 15) is 14.9 Å². The number of nitrogens with zero attached hydrogens (tertiary/aromatic N) is 3. The average Bonchev–Trinajstić information content (AvgIpc) is 3.04.